The van der Waals surface area contributed by atoms with E-state index in [1.807, 2.05) is 44.2 Å². The van der Waals surface area contributed by atoms with E-state index in [4.69, 9.17) is 21.3 Å². The first-order chi connectivity index (χ1) is 18.4. The number of ether oxygens (including phenoxy) is 1. The Kier molecular flexibility index (Phi) is 7.48. The Hall–Kier alpha value is -3.70. The number of halogens is 1. The number of pyridine rings is 2. The third kappa shape index (κ3) is 5.03. The summed E-state index contributed by atoms with van der Waals surface area (Å²) in [6, 6.07) is 11.3. The maximum Gasteiger partial charge on any atom is 0.410 e. The van der Waals surface area contributed by atoms with E-state index in [2.05, 4.69) is 11.1 Å². The van der Waals surface area contributed by atoms with Crippen molar-refractivity contribution in [3.05, 3.63) is 69.6 Å². The lowest BCUT2D eigenvalue weighted by molar-refractivity contribution is 0.0412. The van der Waals surface area contributed by atoms with Crippen LogP contribution in [0.1, 0.15) is 65.5 Å². The van der Waals surface area contributed by atoms with E-state index >= 15 is 0 Å². The highest BCUT2D eigenvalue weighted by Crippen LogP contribution is 2.38. The van der Waals surface area contributed by atoms with E-state index in [-0.39, 0.29) is 24.0 Å². The van der Waals surface area contributed by atoms with Crippen LogP contribution in [0.4, 0.5) is 4.79 Å². The Labute approximate surface area is 227 Å². The third-order valence-electron chi connectivity index (χ3n) is 7.48. The number of aromatic nitrogens is 2. The van der Waals surface area contributed by atoms with Crippen molar-refractivity contribution in [3.8, 4) is 6.07 Å². The fraction of sp³-hybridized carbons (Fsp3) is 0.414. The van der Waals surface area contributed by atoms with Crippen molar-refractivity contribution in [1.29, 1.82) is 5.26 Å². The highest BCUT2D eigenvalue weighted by atomic mass is 35.5. The summed E-state index contributed by atoms with van der Waals surface area (Å²) in [6.07, 6.45) is 4.56. The lowest BCUT2D eigenvalue weighted by Crippen LogP contribution is -2.55. The molecule has 3 aromatic rings. The number of piperazine rings is 1. The maximum atomic E-state index is 13.4. The largest absolute Gasteiger partial charge is 0.449 e. The van der Waals surface area contributed by atoms with Gasteiger partial charge in [0.1, 0.15) is 11.8 Å². The first-order valence-electron chi connectivity index (χ1n) is 13.1. The fourth-order valence-corrected chi connectivity index (χ4v) is 5.80. The normalized spacial score (nSPS) is 19.1. The lowest BCUT2D eigenvalue weighted by Gasteiger charge is -2.39. The van der Waals surface area contributed by atoms with Gasteiger partial charge in [-0.05, 0) is 73.9 Å². The van der Waals surface area contributed by atoms with E-state index < -0.39 is 0 Å². The highest BCUT2D eigenvalue weighted by molar-refractivity contribution is 6.36. The lowest BCUT2D eigenvalue weighted by atomic mass is 9.82. The Morgan fingerprint density at radius 3 is 2.84 bits per heavy atom. The van der Waals surface area contributed by atoms with Gasteiger partial charge in [-0.25, -0.2) is 9.78 Å². The number of rotatable bonds is 4. The highest BCUT2D eigenvalue weighted by Gasteiger charge is 2.31. The number of benzene rings is 1. The summed E-state index contributed by atoms with van der Waals surface area (Å²) >= 11 is 6.84. The minimum atomic E-state index is -0.324. The van der Waals surface area contributed by atoms with Gasteiger partial charge in [0, 0.05) is 48.5 Å². The molecule has 0 bridgehead atoms. The van der Waals surface area contributed by atoms with Crippen LogP contribution < -0.4 is 0 Å². The van der Waals surface area contributed by atoms with Crippen LogP contribution in [-0.2, 0) is 17.6 Å². The molecule has 2 aromatic heterocycles. The summed E-state index contributed by atoms with van der Waals surface area (Å²) in [5, 5.41) is 10.8. The molecule has 8 nitrogen and oxygen atoms in total. The van der Waals surface area contributed by atoms with E-state index in [1.165, 1.54) is 0 Å². The molecule has 9 heteroatoms. The molecule has 196 valence electrons. The van der Waals surface area contributed by atoms with E-state index in [9.17, 15) is 14.9 Å². The second-order valence-electron chi connectivity index (χ2n) is 10.0. The monoisotopic (exact) mass is 531 g/mol. The number of nitriles is 1. The van der Waals surface area contributed by atoms with Crippen molar-refractivity contribution in [3.63, 3.8) is 0 Å². The van der Waals surface area contributed by atoms with Crippen molar-refractivity contribution in [2.45, 2.75) is 51.5 Å². The molecule has 1 aliphatic carbocycles. The molecule has 0 radical (unpaired) electrons. The zero-order chi connectivity index (χ0) is 26.8. The van der Waals surface area contributed by atoms with Gasteiger partial charge in [-0.15, -0.1) is 0 Å². The SMILES string of the molecule is CCCOC(=O)N1CCN(C(=O)c2ccc3c(Cl)c4c(nc3c2)CC(c2ccnc(C#N)c2)CC4)C[C@H]1C. The summed E-state index contributed by atoms with van der Waals surface area (Å²) < 4.78 is 5.28. The quantitative estimate of drug-likeness (QED) is 0.463. The molecule has 2 amide bonds. The van der Waals surface area contributed by atoms with Crippen LogP contribution >= 0.6 is 11.6 Å². The molecule has 0 N–H and O–H groups in total. The van der Waals surface area contributed by atoms with Gasteiger partial charge in [0.15, 0.2) is 0 Å². The summed E-state index contributed by atoms with van der Waals surface area (Å²) in [7, 11) is 0. The second-order valence-corrected chi connectivity index (χ2v) is 10.4. The summed E-state index contributed by atoms with van der Waals surface area (Å²) in [4.78, 5) is 38.2. The fourth-order valence-electron chi connectivity index (χ4n) is 5.44. The van der Waals surface area contributed by atoms with Crippen molar-refractivity contribution in [1.82, 2.24) is 19.8 Å². The van der Waals surface area contributed by atoms with Crippen molar-refractivity contribution < 1.29 is 14.3 Å². The molecule has 1 fully saturated rings. The molecule has 1 unspecified atom stereocenters. The number of nitrogens with zero attached hydrogens (tertiary/aromatic N) is 5. The van der Waals surface area contributed by atoms with E-state index in [0.29, 0.717) is 54.5 Å². The molecule has 1 saturated heterocycles. The average molecular weight is 532 g/mol. The van der Waals surface area contributed by atoms with Crippen LogP contribution in [0.5, 0.6) is 0 Å². The molecule has 3 heterocycles. The number of hydrogen-bond acceptors (Lipinski definition) is 6. The van der Waals surface area contributed by atoms with Gasteiger partial charge in [0.05, 0.1) is 17.1 Å². The van der Waals surface area contributed by atoms with Crippen LogP contribution in [0, 0.1) is 11.3 Å². The van der Waals surface area contributed by atoms with Crippen LogP contribution in [0.15, 0.2) is 36.5 Å². The average Bonchev–Trinajstić information content (AvgIpc) is 2.95. The van der Waals surface area contributed by atoms with Crippen LogP contribution in [0.3, 0.4) is 0 Å². The third-order valence-corrected chi connectivity index (χ3v) is 7.91. The van der Waals surface area contributed by atoms with Crippen molar-refractivity contribution in [2.24, 2.45) is 0 Å². The first-order valence-corrected chi connectivity index (χ1v) is 13.5. The summed E-state index contributed by atoms with van der Waals surface area (Å²) in [5.41, 5.74) is 4.73. The Morgan fingerprint density at radius 1 is 1.24 bits per heavy atom. The van der Waals surface area contributed by atoms with Gasteiger partial charge in [0.25, 0.3) is 5.91 Å². The number of carbonyl (C=O) groups is 2. The molecule has 0 spiro atoms. The molecule has 0 saturated carbocycles. The molecule has 2 aliphatic rings. The predicted octanol–water partition coefficient (Wildman–Crippen LogP) is 5.12. The number of amides is 2. The van der Waals surface area contributed by atoms with E-state index in [1.54, 1.807) is 16.0 Å². The van der Waals surface area contributed by atoms with Crippen LogP contribution in [0.2, 0.25) is 5.02 Å². The van der Waals surface area contributed by atoms with Gasteiger partial charge >= 0.3 is 6.09 Å². The molecular formula is C29H30ClN5O3. The van der Waals surface area contributed by atoms with Gasteiger partial charge in [-0.2, -0.15) is 5.26 Å². The van der Waals surface area contributed by atoms with E-state index in [0.717, 1.165) is 41.5 Å². The minimum absolute atomic E-state index is 0.0883. The summed E-state index contributed by atoms with van der Waals surface area (Å²) in [6.45, 7) is 5.60. The number of hydrogen-bond donors (Lipinski definition) is 0. The first kappa shape index (κ1) is 25.9. The molecule has 1 aliphatic heterocycles. The smallest absolute Gasteiger partial charge is 0.410 e. The van der Waals surface area contributed by atoms with Gasteiger partial charge in [-0.3, -0.25) is 9.78 Å². The maximum absolute atomic E-state index is 13.4. The van der Waals surface area contributed by atoms with Gasteiger partial charge in [0.2, 0.25) is 0 Å². The zero-order valence-corrected chi connectivity index (χ0v) is 22.4. The molecule has 2 atom stereocenters. The number of carbonyl (C=O) groups excluding carboxylic acids is 2. The Morgan fingerprint density at radius 2 is 2.08 bits per heavy atom. The van der Waals surface area contributed by atoms with Gasteiger partial charge in [-0.1, -0.05) is 24.6 Å². The minimum Gasteiger partial charge on any atom is -0.449 e. The predicted molar refractivity (Wildman–Crippen MR) is 144 cm³/mol. The van der Waals surface area contributed by atoms with Crippen LogP contribution in [-0.4, -0.2) is 64.1 Å². The second kappa shape index (κ2) is 11.0. The van der Waals surface area contributed by atoms with Crippen molar-refractivity contribution in [2.75, 3.05) is 26.2 Å². The topological polar surface area (TPSA) is 99.4 Å². The molecular weight excluding hydrogens is 502 g/mol. The molecule has 38 heavy (non-hydrogen) atoms. The summed E-state index contributed by atoms with van der Waals surface area (Å²) in [5.74, 6) is 0.139. The Balaban J connectivity index is 1.36. The standard InChI is InChI=1S/C29H30ClN5O3/c1-3-12-38-29(37)35-11-10-34(17-18(35)2)28(36)21-5-7-24-26(15-21)33-25-14-19(4-6-23(25)27(24)30)20-8-9-32-22(13-20)16-31/h5,7-9,13,15,18-19H,3-4,6,10-12,14,17H2,1-2H3/t18-,19?/m1/s1. The molecule has 5 rings (SSSR count). The van der Waals surface area contributed by atoms with Crippen LogP contribution in [0.25, 0.3) is 10.9 Å². The number of fused-ring (bicyclic) bond motifs is 2. The molecule has 1 aromatic carbocycles. The Bertz CT molecular complexity index is 1440. The van der Waals surface area contributed by atoms with Gasteiger partial charge < -0.3 is 14.5 Å². The van der Waals surface area contributed by atoms with Crippen molar-refractivity contribution >= 4 is 34.5 Å². The zero-order valence-electron chi connectivity index (χ0n) is 21.6.